The molecule has 0 unspecified atom stereocenters. The molecule has 0 amide bonds. The molecule has 0 saturated heterocycles. The van der Waals surface area contributed by atoms with E-state index in [0.29, 0.717) is 12.2 Å². The second-order valence-electron chi connectivity index (χ2n) is 9.46. The van der Waals surface area contributed by atoms with Gasteiger partial charge in [0, 0.05) is 5.57 Å². The van der Waals surface area contributed by atoms with E-state index in [4.69, 9.17) is 4.74 Å². The van der Waals surface area contributed by atoms with Crippen molar-refractivity contribution in [1.29, 1.82) is 0 Å². The molecule has 0 aliphatic rings. The summed E-state index contributed by atoms with van der Waals surface area (Å²) in [5.74, 6) is 0.629. The normalized spacial score (nSPS) is 11.2. The molecule has 0 aliphatic carbocycles. The standard InChI is InChI=1S/C27H52O2/c1-25(2)23-21-19-17-15-13-11-9-7-5-6-8-10-12-14-16-18-20-22-24-29-27(28)26(3)4/h25H,3,5-24H2,1-2,4H3. The average molecular weight is 409 g/mol. The van der Waals surface area contributed by atoms with Gasteiger partial charge in [0.1, 0.15) is 0 Å². The van der Waals surface area contributed by atoms with Gasteiger partial charge in [0.25, 0.3) is 0 Å². The minimum absolute atomic E-state index is 0.252. The molecule has 29 heavy (non-hydrogen) atoms. The summed E-state index contributed by atoms with van der Waals surface area (Å²) in [6, 6.07) is 0. The average Bonchev–Trinajstić information content (AvgIpc) is 2.68. The molecule has 0 fully saturated rings. The Hall–Kier alpha value is -0.790. The Morgan fingerprint density at radius 1 is 0.621 bits per heavy atom. The molecular formula is C27H52O2. The molecule has 2 nitrogen and oxygen atoms in total. The predicted octanol–water partition coefficient (Wildman–Crippen LogP) is 9.17. The van der Waals surface area contributed by atoms with Crippen molar-refractivity contribution in [2.24, 2.45) is 5.92 Å². The Labute approximate surface area is 183 Å². The third-order valence-corrected chi connectivity index (χ3v) is 5.76. The van der Waals surface area contributed by atoms with Gasteiger partial charge in [0.15, 0.2) is 0 Å². The van der Waals surface area contributed by atoms with Crippen molar-refractivity contribution in [1.82, 2.24) is 0 Å². The summed E-state index contributed by atoms with van der Waals surface area (Å²) in [5.41, 5.74) is 0.493. The highest BCUT2D eigenvalue weighted by Gasteiger charge is 2.01. The van der Waals surface area contributed by atoms with Crippen molar-refractivity contribution < 1.29 is 9.53 Å². The van der Waals surface area contributed by atoms with E-state index in [2.05, 4.69) is 20.4 Å². The fourth-order valence-electron chi connectivity index (χ4n) is 3.77. The molecule has 0 heterocycles. The van der Waals surface area contributed by atoms with E-state index in [0.717, 1.165) is 12.3 Å². The van der Waals surface area contributed by atoms with Crippen LogP contribution in [0.15, 0.2) is 12.2 Å². The molecular weight excluding hydrogens is 356 g/mol. The van der Waals surface area contributed by atoms with Gasteiger partial charge in [0.05, 0.1) is 6.61 Å². The maximum absolute atomic E-state index is 11.2. The molecule has 0 N–H and O–H groups in total. The van der Waals surface area contributed by atoms with Crippen LogP contribution in [0.5, 0.6) is 0 Å². The van der Waals surface area contributed by atoms with E-state index in [1.807, 2.05) is 0 Å². The number of rotatable bonds is 22. The first-order chi connectivity index (χ1) is 14.0. The Morgan fingerprint density at radius 2 is 0.931 bits per heavy atom. The molecule has 0 bridgehead atoms. The third kappa shape index (κ3) is 23.4. The zero-order valence-corrected chi connectivity index (χ0v) is 20.2. The quantitative estimate of drug-likeness (QED) is 0.101. The molecule has 0 aliphatic heterocycles. The fourth-order valence-corrected chi connectivity index (χ4v) is 3.77. The van der Waals surface area contributed by atoms with Gasteiger partial charge in [-0.05, 0) is 19.3 Å². The maximum atomic E-state index is 11.2. The van der Waals surface area contributed by atoms with E-state index in [-0.39, 0.29) is 5.97 Å². The summed E-state index contributed by atoms with van der Waals surface area (Å²) >= 11 is 0. The molecule has 0 saturated carbocycles. The number of hydrogen-bond acceptors (Lipinski definition) is 2. The summed E-state index contributed by atoms with van der Waals surface area (Å²) in [5, 5.41) is 0. The van der Waals surface area contributed by atoms with Crippen molar-refractivity contribution in [3.63, 3.8) is 0 Å². The smallest absolute Gasteiger partial charge is 0.333 e. The number of unbranched alkanes of at least 4 members (excludes halogenated alkanes) is 17. The van der Waals surface area contributed by atoms with Crippen molar-refractivity contribution in [3.8, 4) is 0 Å². The highest BCUT2D eigenvalue weighted by atomic mass is 16.5. The molecule has 0 radical (unpaired) electrons. The van der Waals surface area contributed by atoms with Gasteiger partial charge in [-0.3, -0.25) is 0 Å². The minimum atomic E-state index is -0.252. The lowest BCUT2D eigenvalue weighted by atomic mass is 10.0. The van der Waals surface area contributed by atoms with Gasteiger partial charge in [-0.15, -0.1) is 0 Å². The van der Waals surface area contributed by atoms with Crippen LogP contribution in [0.2, 0.25) is 0 Å². The molecule has 0 aromatic heterocycles. The molecule has 2 heteroatoms. The number of carbonyl (C=O) groups excluding carboxylic acids is 1. The fraction of sp³-hybridized carbons (Fsp3) is 0.889. The Balaban J connectivity index is 3.07. The van der Waals surface area contributed by atoms with E-state index in [9.17, 15) is 4.79 Å². The van der Waals surface area contributed by atoms with Crippen LogP contribution in [-0.4, -0.2) is 12.6 Å². The van der Waals surface area contributed by atoms with Gasteiger partial charge in [-0.25, -0.2) is 4.79 Å². The van der Waals surface area contributed by atoms with Gasteiger partial charge in [0.2, 0.25) is 0 Å². The number of carbonyl (C=O) groups is 1. The number of ether oxygens (including phenoxy) is 1. The first kappa shape index (κ1) is 28.2. The first-order valence-electron chi connectivity index (χ1n) is 12.9. The molecule has 0 spiro atoms. The van der Waals surface area contributed by atoms with Gasteiger partial charge < -0.3 is 4.74 Å². The largest absolute Gasteiger partial charge is 0.462 e. The molecule has 0 rings (SSSR count). The molecule has 0 aromatic carbocycles. The van der Waals surface area contributed by atoms with E-state index < -0.39 is 0 Å². The zero-order chi connectivity index (χ0) is 21.6. The first-order valence-corrected chi connectivity index (χ1v) is 12.9. The lowest BCUT2D eigenvalue weighted by Gasteiger charge is -2.05. The topological polar surface area (TPSA) is 26.3 Å². The summed E-state index contributed by atoms with van der Waals surface area (Å²) < 4.78 is 5.11. The lowest BCUT2D eigenvalue weighted by molar-refractivity contribution is -0.139. The Bertz CT molecular complexity index is 373. The van der Waals surface area contributed by atoms with Crippen LogP contribution < -0.4 is 0 Å². The van der Waals surface area contributed by atoms with Crippen molar-refractivity contribution in [2.45, 2.75) is 143 Å². The van der Waals surface area contributed by atoms with E-state index in [1.54, 1.807) is 6.92 Å². The van der Waals surface area contributed by atoms with Crippen molar-refractivity contribution in [2.75, 3.05) is 6.61 Å². The van der Waals surface area contributed by atoms with Crippen LogP contribution in [-0.2, 0) is 9.53 Å². The van der Waals surface area contributed by atoms with Crippen LogP contribution in [0.3, 0.4) is 0 Å². The van der Waals surface area contributed by atoms with Crippen LogP contribution in [0.25, 0.3) is 0 Å². The third-order valence-electron chi connectivity index (χ3n) is 5.76. The van der Waals surface area contributed by atoms with Crippen LogP contribution >= 0.6 is 0 Å². The second-order valence-corrected chi connectivity index (χ2v) is 9.46. The highest BCUT2D eigenvalue weighted by Crippen LogP contribution is 2.15. The predicted molar refractivity (Wildman–Crippen MR) is 128 cm³/mol. The zero-order valence-electron chi connectivity index (χ0n) is 20.2. The van der Waals surface area contributed by atoms with Gasteiger partial charge in [-0.1, -0.05) is 136 Å². The van der Waals surface area contributed by atoms with Crippen LogP contribution in [0.1, 0.15) is 143 Å². The Kier molecular flexibility index (Phi) is 21.3. The van der Waals surface area contributed by atoms with E-state index >= 15 is 0 Å². The number of hydrogen-bond donors (Lipinski definition) is 0. The molecule has 0 atom stereocenters. The van der Waals surface area contributed by atoms with Gasteiger partial charge in [-0.2, -0.15) is 0 Å². The molecule has 172 valence electrons. The second kappa shape index (κ2) is 21.9. The monoisotopic (exact) mass is 408 g/mol. The summed E-state index contributed by atoms with van der Waals surface area (Å²) in [4.78, 5) is 11.2. The number of esters is 1. The summed E-state index contributed by atoms with van der Waals surface area (Å²) in [6.45, 7) is 10.5. The van der Waals surface area contributed by atoms with Gasteiger partial charge >= 0.3 is 5.97 Å². The summed E-state index contributed by atoms with van der Waals surface area (Å²) in [6.07, 6.45) is 26.2. The van der Waals surface area contributed by atoms with Crippen LogP contribution in [0.4, 0.5) is 0 Å². The minimum Gasteiger partial charge on any atom is -0.462 e. The lowest BCUT2D eigenvalue weighted by Crippen LogP contribution is -2.05. The van der Waals surface area contributed by atoms with E-state index in [1.165, 1.54) is 116 Å². The summed E-state index contributed by atoms with van der Waals surface area (Å²) in [7, 11) is 0. The molecule has 0 aromatic rings. The van der Waals surface area contributed by atoms with Crippen LogP contribution in [0, 0.1) is 5.92 Å². The Morgan fingerprint density at radius 3 is 1.24 bits per heavy atom. The van der Waals surface area contributed by atoms with Crippen molar-refractivity contribution in [3.05, 3.63) is 12.2 Å². The van der Waals surface area contributed by atoms with Crippen molar-refractivity contribution >= 4 is 5.97 Å². The SMILES string of the molecule is C=C(C)C(=O)OCCCCCCCCCCCCCCCCCCCCC(C)C. The highest BCUT2D eigenvalue weighted by molar-refractivity contribution is 5.86. The maximum Gasteiger partial charge on any atom is 0.333 e.